The van der Waals surface area contributed by atoms with E-state index in [1.165, 1.54) is 0 Å². The van der Waals surface area contributed by atoms with Crippen molar-refractivity contribution >= 4 is 0 Å². The molecule has 0 rings (SSSR count). The predicted molar refractivity (Wildman–Crippen MR) is 6.73 cm³/mol. The van der Waals surface area contributed by atoms with Gasteiger partial charge in [-0.3, -0.25) is 0 Å². The van der Waals surface area contributed by atoms with Crippen LogP contribution in [-0.4, -0.2) is 0 Å². The van der Waals surface area contributed by atoms with Gasteiger partial charge in [-0.1, -0.05) is 7.43 Å². The Morgan fingerprint density at radius 2 is 0.125 bits per heavy atom. The smallest absolute Gasteiger partial charge is 0 e. The van der Waals surface area contributed by atoms with Crippen LogP contribution in [0.1, 0.15) is 7.43 Å². The van der Waals surface area contributed by atoms with Crippen LogP contribution in [0.25, 0.3) is 0 Å². The third-order valence-corrected chi connectivity index (χ3v) is 0. The maximum absolute atomic E-state index is 0. The molecule has 0 aliphatic heterocycles. The second kappa shape index (κ2) is 110. The fraction of sp³-hybridized carbons (Fsp3) is 1.00. The summed E-state index contributed by atoms with van der Waals surface area (Å²) in [5, 5.41) is 0. The molecule has 15 heteroatoms. The summed E-state index contributed by atoms with van der Waals surface area (Å²) in [4.78, 5) is 0. The Balaban J connectivity index is 0. The summed E-state index contributed by atoms with van der Waals surface area (Å²) in [5.74, 6) is 0. The minimum absolute atomic E-state index is 0. The Morgan fingerprint density at radius 3 is 0.125 bits per heavy atom. The molecule has 0 atom stereocenters. The van der Waals surface area contributed by atoms with Crippen molar-refractivity contribution in [3.63, 3.8) is 0 Å². The summed E-state index contributed by atoms with van der Waals surface area (Å²) in [5.41, 5.74) is 0. The van der Waals surface area contributed by atoms with Gasteiger partial charge in [-0.2, -0.15) is 0 Å². The molecule has 0 unspecified atom stereocenters. The van der Waals surface area contributed by atoms with Gasteiger partial charge in [0.15, 0.2) is 0 Å². The van der Waals surface area contributed by atoms with Crippen molar-refractivity contribution in [2.45, 2.75) is 7.43 Å². The van der Waals surface area contributed by atoms with Crippen LogP contribution in [0, 0.1) is 467 Å². The van der Waals surface area contributed by atoms with Crippen molar-refractivity contribution in [1.82, 2.24) is 0 Å². The number of rotatable bonds is 0. The van der Waals surface area contributed by atoms with E-state index in [4.69, 9.17) is 0 Å². The van der Waals surface area contributed by atoms with E-state index in [1.54, 1.807) is 0 Å². The first-order chi connectivity index (χ1) is 0. The van der Waals surface area contributed by atoms with Gasteiger partial charge in [0, 0.05) is 467 Å². The molecular weight excluding hydrogens is 3580 g/mol. The third kappa shape index (κ3) is 99.1. The molecule has 0 N–H and O–H groups in total. The second-order valence-corrected chi connectivity index (χ2v) is 0. The van der Waals surface area contributed by atoms with Crippen LogP contribution < -0.4 is 0 Å². The largest absolute Gasteiger partial charge is 0.0776 e. The van der Waals surface area contributed by atoms with Crippen LogP contribution in [-0.2, 0) is 0 Å². The first-order valence-electron chi connectivity index (χ1n) is 0. The van der Waals surface area contributed by atoms with Gasteiger partial charge in [0.1, 0.15) is 0 Å². The Morgan fingerprint density at radius 1 is 0.125 bits per heavy atom. The standard InChI is InChI=1S/CH4.15U/h1H4;;;;;;;;;;;;;;;. The van der Waals surface area contributed by atoms with Crippen LogP contribution >= 0.6 is 0 Å². The molecule has 0 heterocycles. The molecule has 0 aromatic heterocycles. The van der Waals surface area contributed by atoms with E-state index < -0.39 is 0 Å². The molecular formula is CH4U15. The fourth-order valence-electron chi connectivity index (χ4n) is 0. The minimum atomic E-state index is 0. The molecule has 0 saturated heterocycles. The van der Waals surface area contributed by atoms with Gasteiger partial charge in [-0.25, -0.2) is 0 Å². The molecule has 0 aromatic rings. The van der Waals surface area contributed by atoms with E-state index in [0.29, 0.717) is 0 Å². The Labute approximate surface area is 457 Å². The van der Waals surface area contributed by atoms with Crippen LogP contribution in [0.5, 0.6) is 0 Å². The summed E-state index contributed by atoms with van der Waals surface area (Å²) in [7, 11) is 0. The van der Waals surface area contributed by atoms with E-state index in [0.717, 1.165) is 0 Å². The molecule has 0 aliphatic rings. The topological polar surface area (TPSA) is 0 Å². The van der Waals surface area contributed by atoms with E-state index in [9.17, 15) is 0 Å². The van der Waals surface area contributed by atoms with E-state index in [-0.39, 0.29) is 474 Å². The van der Waals surface area contributed by atoms with Gasteiger partial charge in [0.25, 0.3) is 0 Å². The molecule has 16 heavy (non-hydrogen) atoms. The van der Waals surface area contributed by atoms with Crippen molar-refractivity contribution in [3.05, 3.63) is 0 Å². The molecule has 0 saturated carbocycles. The Hall–Kier alpha value is 15.8. The summed E-state index contributed by atoms with van der Waals surface area (Å²) in [6.07, 6.45) is 0. The maximum atomic E-state index is 0. The summed E-state index contributed by atoms with van der Waals surface area (Å²) < 4.78 is 0. The van der Waals surface area contributed by atoms with Gasteiger partial charge in [-0.05, 0) is 0 Å². The molecule has 0 aliphatic carbocycles. The van der Waals surface area contributed by atoms with Gasteiger partial charge in [0.2, 0.25) is 0 Å². The van der Waals surface area contributed by atoms with Crippen molar-refractivity contribution in [3.8, 4) is 0 Å². The van der Waals surface area contributed by atoms with Crippen molar-refractivity contribution in [1.29, 1.82) is 0 Å². The minimum Gasteiger partial charge on any atom is -0.0776 e. The average molecular weight is 3590 g/mol. The van der Waals surface area contributed by atoms with Crippen LogP contribution in [0.4, 0.5) is 0 Å². The fourth-order valence-corrected chi connectivity index (χ4v) is 0. The van der Waals surface area contributed by atoms with Crippen molar-refractivity contribution in [2.75, 3.05) is 0 Å². The zero-order valence-corrected chi connectivity index (χ0v) is 70.0. The third-order valence-electron chi connectivity index (χ3n) is 0. The summed E-state index contributed by atoms with van der Waals surface area (Å²) in [6.45, 7) is 0. The Bertz CT molecular complexity index is 5.40. The van der Waals surface area contributed by atoms with Crippen molar-refractivity contribution in [2.24, 2.45) is 0 Å². The summed E-state index contributed by atoms with van der Waals surface area (Å²) in [6, 6.07) is 0. The first-order valence-corrected chi connectivity index (χ1v) is 0. The zero-order chi connectivity index (χ0) is 0. The molecule has 0 fully saturated rings. The first kappa shape index (κ1) is 121. The van der Waals surface area contributed by atoms with Crippen LogP contribution in [0.3, 0.4) is 0 Å². The maximum Gasteiger partial charge on any atom is 0 e. The molecule has 0 bridgehead atoms. The Kier molecular flexibility index (Phi) is 828. The van der Waals surface area contributed by atoms with Gasteiger partial charge in [0.05, 0.1) is 0 Å². The van der Waals surface area contributed by atoms with Crippen LogP contribution in [0.15, 0.2) is 0 Å². The average Bonchev–Trinajstić information content (AvgIpc) is 0. The summed E-state index contributed by atoms with van der Waals surface area (Å²) >= 11 is 0. The molecule has 0 spiro atoms. The quantitative estimate of drug-likeness (QED) is 0.335. The van der Waals surface area contributed by atoms with Gasteiger partial charge < -0.3 is 0 Å². The zero-order valence-electron chi connectivity index (χ0n) is 7.50. The van der Waals surface area contributed by atoms with Gasteiger partial charge >= 0.3 is 0 Å². The second-order valence-electron chi connectivity index (χ2n) is 0. The molecule has 0 nitrogen and oxygen atoms in total. The van der Waals surface area contributed by atoms with E-state index in [1.807, 2.05) is 0 Å². The van der Waals surface area contributed by atoms with Crippen LogP contribution in [0.2, 0.25) is 0 Å². The normalized spacial score (nSPS) is 0. The van der Waals surface area contributed by atoms with Gasteiger partial charge in [-0.15, -0.1) is 0 Å². The molecule has 0 aromatic carbocycles. The predicted octanol–water partition coefficient (Wildman–Crippen LogP) is 0.636. The van der Waals surface area contributed by atoms with E-state index >= 15 is 0 Å². The molecule has 0 amide bonds. The molecule has 0 radical (unpaired) electrons. The van der Waals surface area contributed by atoms with Crippen molar-refractivity contribution < 1.29 is 467 Å². The number of hydrogen-bond donors (Lipinski definition) is 0. The number of hydrogen-bond acceptors (Lipinski definition) is 0. The SMILES string of the molecule is C.[U].[U].[U].[U].[U].[U].[U].[U].[U].[U].[U].[U].[U].[U].[U]. The monoisotopic (exact) mass is 3590 g/mol. The molecule has 68 valence electrons. The van der Waals surface area contributed by atoms with E-state index in [2.05, 4.69) is 0 Å².